The lowest BCUT2D eigenvalue weighted by Crippen LogP contribution is -2.30. The maximum Gasteiger partial charge on any atom is 0.407 e. The number of amides is 1. The molecular formula is C21H27F2N5O5. The molecule has 180 valence electrons. The number of pyridine rings is 1. The van der Waals surface area contributed by atoms with Crippen molar-refractivity contribution < 1.29 is 33.0 Å². The normalized spacial score (nSPS) is 18.6. The second kappa shape index (κ2) is 10.1. The van der Waals surface area contributed by atoms with Gasteiger partial charge in [0.15, 0.2) is 6.61 Å². The van der Waals surface area contributed by atoms with Gasteiger partial charge in [-0.05, 0) is 44.7 Å². The van der Waals surface area contributed by atoms with Gasteiger partial charge in [0.1, 0.15) is 11.4 Å². The molecule has 12 heteroatoms. The van der Waals surface area contributed by atoms with Gasteiger partial charge in [-0.1, -0.05) is 5.21 Å². The van der Waals surface area contributed by atoms with Gasteiger partial charge in [0.05, 0.1) is 35.6 Å². The molecule has 0 aliphatic heterocycles. The first-order valence-corrected chi connectivity index (χ1v) is 10.6. The summed E-state index contributed by atoms with van der Waals surface area (Å²) < 4.78 is 37.7. The van der Waals surface area contributed by atoms with Crippen LogP contribution in [0, 0.1) is 12.8 Å². The fourth-order valence-electron chi connectivity index (χ4n) is 3.63. The number of aryl methyl sites for hydroxylation is 2. The van der Waals surface area contributed by atoms with Crippen molar-refractivity contribution in [3.05, 3.63) is 23.5 Å². The van der Waals surface area contributed by atoms with E-state index in [4.69, 9.17) is 4.74 Å². The number of aromatic nitrogens is 4. The maximum absolute atomic E-state index is 12.8. The summed E-state index contributed by atoms with van der Waals surface area (Å²) in [5.74, 6) is -3.76. The molecule has 0 aromatic carbocycles. The van der Waals surface area contributed by atoms with E-state index in [1.165, 1.54) is 4.68 Å². The lowest BCUT2D eigenvalue weighted by molar-refractivity contribution is -0.143. The number of hydrogen-bond donors (Lipinski definition) is 2. The van der Waals surface area contributed by atoms with Crippen LogP contribution in [0.5, 0.6) is 5.75 Å². The van der Waals surface area contributed by atoms with Crippen LogP contribution in [0.25, 0.3) is 11.4 Å². The van der Waals surface area contributed by atoms with E-state index in [1.807, 2.05) is 0 Å². The van der Waals surface area contributed by atoms with E-state index >= 15 is 0 Å². The minimum absolute atomic E-state index is 0.0510. The Balaban J connectivity index is 1.67. The second-order valence-corrected chi connectivity index (χ2v) is 8.23. The van der Waals surface area contributed by atoms with Crippen molar-refractivity contribution in [2.45, 2.75) is 58.1 Å². The molecule has 0 saturated heterocycles. The predicted octanol–water partition coefficient (Wildman–Crippen LogP) is 3.09. The van der Waals surface area contributed by atoms with E-state index in [0.29, 0.717) is 48.3 Å². The van der Waals surface area contributed by atoms with Gasteiger partial charge in [-0.3, -0.25) is 4.79 Å². The SMILES string of the molecule is Cc1nc(-c2nnn(C)c2CNC(=O)OCC(C)(F)F)ccc1O[C@H]1CCC[C@H](C(=O)O)C1. The number of rotatable bonds is 8. The molecule has 3 rings (SSSR count). The van der Waals surface area contributed by atoms with Crippen molar-refractivity contribution in [2.75, 3.05) is 6.61 Å². The number of aliphatic carboxylic acids is 1. The Labute approximate surface area is 189 Å². The number of hydrogen-bond acceptors (Lipinski definition) is 7. The molecule has 10 nitrogen and oxygen atoms in total. The zero-order chi connectivity index (χ0) is 24.2. The number of carbonyl (C=O) groups excluding carboxylic acids is 1. The summed E-state index contributed by atoms with van der Waals surface area (Å²) in [6.07, 6.45) is 1.51. The Kier molecular flexibility index (Phi) is 7.44. The predicted molar refractivity (Wildman–Crippen MR) is 112 cm³/mol. The third-order valence-corrected chi connectivity index (χ3v) is 5.35. The Morgan fingerprint density at radius 1 is 1.33 bits per heavy atom. The molecule has 0 bridgehead atoms. The van der Waals surface area contributed by atoms with Crippen LogP contribution in [-0.2, 0) is 23.1 Å². The molecular weight excluding hydrogens is 440 g/mol. The first-order valence-electron chi connectivity index (χ1n) is 10.6. The number of nitrogens with zero attached hydrogens (tertiary/aromatic N) is 4. The summed E-state index contributed by atoms with van der Waals surface area (Å²) in [5.41, 5.74) is 2.01. The van der Waals surface area contributed by atoms with E-state index in [9.17, 15) is 23.5 Å². The Morgan fingerprint density at radius 2 is 2.09 bits per heavy atom. The fourth-order valence-corrected chi connectivity index (χ4v) is 3.63. The van der Waals surface area contributed by atoms with Crippen molar-refractivity contribution in [1.29, 1.82) is 0 Å². The van der Waals surface area contributed by atoms with Gasteiger partial charge in [0.2, 0.25) is 0 Å². The molecule has 1 fully saturated rings. The highest BCUT2D eigenvalue weighted by Gasteiger charge is 2.29. The van der Waals surface area contributed by atoms with Crippen LogP contribution in [0.15, 0.2) is 12.1 Å². The van der Waals surface area contributed by atoms with E-state index in [0.717, 1.165) is 12.8 Å². The molecule has 0 spiro atoms. The van der Waals surface area contributed by atoms with E-state index in [-0.39, 0.29) is 12.6 Å². The topological polar surface area (TPSA) is 128 Å². The van der Waals surface area contributed by atoms with Gasteiger partial charge in [-0.15, -0.1) is 5.10 Å². The van der Waals surface area contributed by atoms with Crippen LogP contribution < -0.4 is 10.1 Å². The minimum atomic E-state index is -3.12. The van der Waals surface area contributed by atoms with Crippen LogP contribution in [0.4, 0.5) is 13.6 Å². The number of carbonyl (C=O) groups is 2. The molecule has 2 aromatic rings. The van der Waals surface area contributed by atoms with E-state index in [1.54, 1.807) is 26.1 Å². The third kappa shape index (κ3) is 6.59. The molecule has 1 amide bonds. The van der Waals surface area contributed by atoms with Crippen molar-refractivity contribution in [3.63, 3.8) is 0 Å². The van der Waals surface area contributed by atoms with Gasteiger partial charge < -0.3 is 19.9 Å². The van der Waals surface area contributed by atoms with Gasteiger partial charge in [-0.25, -0.2) is 23.2 Å². The summed E-state index contributed by atoms with van der Waals surface area (Å²) in [5, 5.41) is 19.7. The van der Waals surface area contributed by atoms with Crippen LogP contribution in [0.2, 0.25) is 0 Å². The molecule has 2 heterocycles. The molecule has 2 aromatic heterocycles. The van der Waals surface area contributed by atoms with Crippen LogP contribution in [0.3, 0.4) is 0 Å². The Morgan fingerprint density at radius 3 is 2.76 bits per heavy atom. The molecule has 33 heavy (non-hydrogen) atoms. The van der Waals surface area contributed by atoms with Crippen LogP contribution in [0.1, 0.15) is 44.0 Å². The van der Waals surface area contributed by atoms with Crippen molar-refractivity contribution in [1.82, 2.24) is 25.3 Å². The minimum Gasteiger partial charge on any atom is -0.489 e. The molecule has 0 radical (unpaired) electrons. The largest absolute Gasteiger partial charge is 0.489 e. The number of alkyl carbamates (subject to hydrolysis) is 1. The van der Waals surface area contributed by atoms with E-state index in [2.05, 4.69) is 25.3 Å². The average molecular weight is 467 g/mol. The van der Waals surface area contributed by atoms with Gasteiger partial charge in [-0.2, -0.15) is 0 Å². The second-order valence-electron chi connectivity index (χ2n) is 8.23. The monoisotopic (exact) mass is 467 g/mol. The highest BCUT2D eigenvalue weighted by molar-refractivity contribution is 5.70. The first kappa shape index (κ1) is 24.3. The first-order chi connectivity index (χ1) is 15.5. The maximum atomic E-state index is 12.8. The quantitative estimate of drug-likeness (QED) is 0.606. The molecule has 1 aliphatic carbocycles. The Hall–Kier alpha value is -3.31. The summed E-state index contributed by atoms with van der Waals surface area (Å²) in [6.45, 7) is 1.35. The van der Waals surface area contributed by atoms with Crippen LogP contribution >= 0.6 is 0 Å². The highest BCUT2D eigenvalue weighted by atomic mass is 19.3. The number of alkyl halides is 2. The van der Waals surface area contributed by atoms with Crippen molar-refractivity contribution >= 4 is 12.1 Å². The summed E-state index contributed by atoms with van der Waals surface area (Å²) >= 11 is 0. The third-order valence-electron chi connectivity index (χ3n) is 5.35. The number of carboxylic acids is 1. The molecule has 2 N–H and O–H groups in total. The smallest absolute Gasteiger partial charge is 0.407 e. The molecule has 1 saturated carbocycles. The lowest BCUT2D eigenvalue weighted by Gasteiger charge is -2.27. The zero-order valence-electron chi connectivity index (χ0n) is 18.7. The fraction of sp³-hybridized carbons (Fsp3) is 0.571. The van der Waals surface area contributed by atoms with Crippen molar-refractivity contribution in [2.24, 2.45) is 13.0 Å². The van der Waals surface area contributed by atoms with Crippen molar-refractivity contribution in [3.8, 4) is 17.1 Å². The number of ether oxygens (including phenoxy) is 2. The Bertz CT molecular complexity index is 1010. The summed E-state index contributed by atoms with van der Waals surface area (Å²) in [4.78, 5) is 27.5. The standard InChI is InChI=1S/C21H27F2N5O5/c1-12-17(33-14-6-4-5-13(9-14)19(29)30)8-7-15(25-12)18-16(28(3)27-26-18)10-24-20(31)32-11-21(2,22)23/h7-8,13-14H,4-6,9-11H2,1-3H3,(H,24,31)(H,29,30)/t13-,14-/m0/s1. The zero-order valence-corrected chi connectivity index (χ0v) is 18.7. The lowest BCUT2D eigenvalue weighted by atomic mass is 9.87. The number of carboxylic acid groups (broad SMARTS) is 1. The summed E-state index contributed by atoms with van der Waals surface area (Å²) in [6, 6.07) is 3.44. The molecule has 1 aliphatic rings. The van der Waals surface area contributed by atoms with Crippen LogP contribution in [-0.4, -0.2) is 55.8 Å². The van der Waals surface area contributed by atoms with Gasteiger partial charge >= 0.3 is 12.1 Å². The van der Waals surface area contributed by atoms with E-state index < -0.39 is 30.5 Å². The number of nitrogens with one attached hydrogen (secondary N) is 1. The van der Waals surface area contributed by atoms with Gasteiger partial charge in [0, 0.05) is 14.0 Å². The molecule has 0 unspecified atom stereocenters. The summed E-state index contributed by atoms with van der Waals surface area (Å²) in [7, 11) is 1.63. The number of halogens is 2. The molecule has 2 atom stereocenters. The highest BCUT2D eigenvalue weighted by Crippen LogP contribution is 2.30. The van der Waals surface area contributed by atoms with Gasteiger partial charge in [0.25, 0.3) is 5.92 Å². The average Bonchev–Trinajstić information content (AvgIpc) is 3.12.